The molecule has 1 rings (SSSR count). The van der Waals surface area contributed by atoms with Gasteiger partial charge in [-0.3, -0.25) is 9.59 Å². The number of rotatable bonds is 6. The first-order valence-corrected chi connectivity index (χ1v) is 6.03. The molecule has 0 spiro atoms. The van der Waals surface area contributed by atoms with Crippen LogP contribution in [0, 0.1) is 0 Å². The average Bonchev–Trinajstić information content (AvgIpc) is 2.50. The first-order valence-electron chi connectivity index (χ1n) is 6.73. The van der Waals surface area contributed by atoms with Gasteiger partial charge in [-0.25, -0.2) is 0 Å². The number of carbonyl (C=O) groups is 2. The zero-order chi connectivity index (χ0) is 16.9. The SMILES string of the molecule is [2H]CC(=O)O[C@H]1[C@H](O)[C@@H](O)C(OC[C@H](N)C(=O)O)O[C@@H]1CO. The van der Waals surface area contributed by atoms with Crippen LogP contribution in [0.1, 0.15) is 8.27 Å². The summed E-state index contributed by atoms with van der Waals surface area (Å²) >= 11 is 0. The van der Waals surface area contributed by atoms with Crippen molar-refractivity contribution in [3.63, 3.8) is 0 Å². The second-order valence-electron chi connectivity index (χ2n) is 4.44. The molecule has 1 aliphatic rings. The quantitative estimate of drug-likeness (QED) is 0.315. The first kappa shape index (κ1) is 16.1. The van der Waals surface area contributed by atoms with Crippen LogP contribution in [0.25, 0.3) is 0 Å². The predicted octanol–water partition coefficient (Wildman–Crippen LogP) is -3.21. The summed E-state index contributed by atoms with van der Waals surface area (Å²) in [6.07, 6.45) is -7.35. The lowest BCUT2D eigenvalue weighted by atomic mass is 9.99. The highest BCUT2D eigenvalue weighted by atomic mass is 16.7. The van der Waals surface area contributed by atoms with Crippen LogP contribution in [-0.4, -0.2) is 82.3 Å². The smallest absolute Gasteiger partial charge is 0.322 e. The molecule has 10 nitrogen and oxygen atoms in total. The average molecular weight is 310 g/mol. The van der Waals surface area contributed by atoms with Crippen molar-refractivity contribution in [1.82, 2.24) is 0 Å². The molecular formula is C11H19NO9. The van der Waals surface area contributed by atoms with Gasteiger partial charge in [-0.2, -0.15) is 0 Å². The molecule has 0 aromatic carbocycles. The molecule has 1 fully saturated rings. The topological polar surface area (TPSA) is 169 Å². The second-order valence-corrected chi connectivity index (χ2v) is 4.44. The Morgan fingerprint density at radius 1 is 1.43 bits per heavy atom. The summed E-state index contributed by atoms with van der Waals surface area (Å²) in [5.41, 5.74) is 5.23. The van der Waals surface area contributed by atoms with Crippen molar-refractivity contribution in [3.8, 4) is 0 Å². The van der Waals surface area contributed by atoms with Gasteiger partial charge in [-0.1, -0.05) is 0 Å². The third-order valence-corrected chi connectivity index (χ3v) is 2.85. The maximum absolute atomic E-state index is 11.1. The van der Waals surface area contributed by atoms with E-state index in [4.69, 9.17) is 26.4 Å². The highest BCUT2D eigenvalue weighted by molar-refractivity contribution is 5.73. The van der Waals surface area contributed by atoms with Crippen molar-refractivity contribution in [3.05, 3.63) is 0 Å². The molecule has 1 heterocycles. The minimum Gasteiger partial charge on any atom is -0.480 e. The molecule has 1 saturated heterocycles. The van der Waals surface area contributed by atoms with E-state index in [-0.39, 0.29) is 0 Å². The Kier molecular flexibility index (Phi) is 5.85. The number of hydrogen-bond donors (Lipinski definition) is 5. The number of hydrogen-bond acceptors (Lipinski definition) is 9. The Morgan fingerprint density at radius 2 is 2.10 bits per heavy atom. The monoisotopic (exact) mass is 310 g/mol. The molecular weight excluding hydrogens is 290 g/mol. The Labute approximate surface area is 121 Å². The lowest BCUT2D eigenvalue weighted by Crippen LogP contribution is -2.60. The van der Waals surface area contributed by atoms with Crippen LogP contribution < -0.4 is 5.73 Å². The number of carbonyl (C=O) groups excluding carboxylic acids is 1. The van der Waals surface area contributed by atoms with E-state index in [2.05, 4.69) is 0 Å². The zero-order valence-corrected chi connectivity index (χ0v) is 11.0. The number of ether oxygens (including phenoxy) is 3. The molecule has 10 heteroatoms. The van der Waals surface area contributed by atoms with Crippen molar-refractivity contribution >= 4 is 11.9 Å². The Hall–Kier alpha value is -1.30. The van der Waals surface area contributed by atoms with Gasteiger partial charge in [-0.15, -0.1) is 0 Å². The number of aliphatic carboxylic acids is 1. The Bertz CT molecular complexity index is 394. The van der Waals surface area contributed by atoms with Gasteiger partial charge in [0.05, 0.1) is 13.2 Å². The summed E-state index contributed by atoms with van der Waals surface area (Å²) in [5.74, 6) is -2.29. The third kappa shape index (κ3) is 4.59. The van der Waals surface area contributed by atoms with Gasteiger partial charge in [0.1, 0.15) is 24.4 Å². The van der Waals surface area contributed by atoms with Gasteiger partial charge in [0.15, 0.2) is 12.4 Å². The molecule has 122 valence electrons. The van der Waals surface area contributed by atoms with E-state index < -0.39 is 68.8 Å². The highest BCUT2D eigenvalue weighted by Gasteiger charge is 2.46. The van der Waals surface area contributed by atoms with Crippen molar-refractivity contribution in [2.75, 3.05) is 13.2 Å². The highest BCUT2D eigenvalue weighted by Crippen LogP contribution is 2.24. The predicted molar refractivity (Wildman–Crippen MR) is 64.9 cm³/mol. The molecule has 6 atom stereocenters. The number of aliphatic hydroxyl groups is 3. The summed E-state index contributed by atoms with van der Waals surface area (Å²) in [7, 11) is 0. The number of aliphatic hydroxyl groups excluding tert-OH is 3. The maximum Gasteiger partial charge on any atom is 0.322 e. The fraction of sp³-hybridized carbons (Fsp3) is 0.818. The van der Waals surface area contributed by atoms with Gasteiger partial charge in [-0.05, 0) is 0 Å². The van der Waals surface area contributed by atoms with Gasteiger partial charge in [0.25, 0.3) is 0 Å². The molecule has 1 aliphatic heterocycles. The van der Waals surface area contributed by atoms with Crippen LogP contribution in [-0.2, 0) is 23.8 Å². The number of esters is 1. The fourth-order valence-corrected chi connectivity index (χ4v) is 1.76. The zero-order valence-electron chi connectivity index (χ0n) is 12.0. The summed E-state index contributed by atoms with van der Waals surface area (Å²) in [4.78, 5) is 21.7. The Balaban J connectivity index is 2.70. The minimum atomic E-state index is -1.66. The first-order chi connectivity index (χ1) is 10.3. The van der Waals surface area contributed by atoms with E-state index in [0.29, 0.717) is 0 Å². The maximum atomic E-state index is 11.1. The van der Waals surface area contributed by atoms with E-state index in [1.54, 1.807) is 0 Å². The van der Waals surface area contributed by atoms with E-state index in [9.17, 15) is 24.9 Å². The number of carboxylic acids is 1. The minimum absolute atomic E-state index is 0.501. The van der Waals surface area contributed by atoms with Crippen LogP contribution >= 0.6 is 0 Å². The molecule has 21 heavy (non-hydrogen) atoms. The summed E-state index contributed by atoms with van der Waals surface area (Å²) in [6, 6.07) is -1.36. The largest absolute Gasteiger partial charge is 0.480 e. The van der Waals surface area contributed by atoms with E-state index in [1.165, 1.54) is 0 Å². The van der Waals surface area contributed by atoms with Crippen molar-refractivity contribution in [2.24, 2.45) is 5.73 Å². The number of nitrogens with two attached hydrogens (primary N) is 1. The summed E-state index contributed by atoms with van der Waals surface area (Å²) in [5, 5.41) is 37.6. The molecule has 0 aromatic heterocycles. The fourth-order valence-electron chi connectivity index (χ4n) is 1.76. The van der Waals surface area contributed by atoms with Crippen LogP contribution in [0.3, 0.4) is 0 Å². The van der Waals surface area contributed by atoms with Crippen molar-refractivity contribution in [2.45, 2.75) is 43.6 Å². The lowest BCUT2D eigenvalue weighted by molar-refractivity contribution is -0.303. The lowest BCUT2D eigenvalue weighted by Gasteiger charge is -2.41. The molecule has 0 amide bonds. The Morgan fingerprint density at radius 3 is 2.62 bits per heavy atom. The third-order valence-electron chi connectivity index (χ3n) is 2.85. The molecule has 0 bridgehead atoms. The molecule has 0 saturated carbocycles. The van der Waals surface area contributed by atoms with Crippen LogP contribution in [0.5, 0.6) is 0 Å². The summed E-state index contributed by atoms with van der Waals surface area (Å²) in [6.45, 7) is -1.87. The van der Waals surface area contributed by atoms with Gasteiger partial charge in [0, 0.05) is 8.27 Å². The van der Waals surface area contributed by atoms with E-state index in [0.717, 1.165) is 0 Å². The standard InChI is InChI=1S/C11H19NO9/c1-4(14)20-9-6(2-13)21-11(8(16)7(9)15)19-3-5(12)10(17)18/h5-9,11,13,15-16H,2-3,12H2,1H3,(H,17,18)/t5-,6+,7+,8+,9+,11?/m0/s1/i1D. The normalized spacial score (nSPS) is 34.9. The molecule has 0 radical (unpaired) electrons. The molecule has 1 unspecified atom stereocenters. The van der Waals surface area contributed by atoms with Crippen LogP contribution in [0.2, 0.25) is 0 Å². The van der Waals surface area contributed by atoms with Crippen molar-refractivity contribution in [1.29, 1.82) is 0 Å². The van der Waals surface area contributed by atoms with Gasteiger partial charge >= 0.3 is 11.9 Å². The molecule has 6 N–H and O–H groups in total. The van der Waals surface area contributed by atoms with E-state index >= 15 is 0 Å². The van der Waals surface area contributed by atoms with Gasteiger partial charge < -0.3 is 40.4 Å². The van der Waals surface area contributed by atoms with Crippen LogP contribution in [0.4, 0.5) is 0 Å². The second kappa shape index (κ2) is 7.64. The molecule has 0 aliphatic carbocycles. The van der Waals surface area contributed by atoms with Crippen LogP contribution in [0.15, 0.2) is 0 Å². The van der Waals surface area contributed by atoms with E-state index in [1.807, 2.05) is 0 Å². The van der Waals surface area contributed by atoms with Crippen molar-refractivity contribution < 1.29 is 45.6 Å². The molecule has 0 aromatic rings. The summed E-state index contributed by atoms with van der Waals surface area (Å²) < 4.78 is 21.7. The van der Waals surface area contributed by atoms with Gasteiger partial charge in [0.2, 0.25) is 0 Å². The number of carboxylic acid groups (broad SMARTS) is 1.